The Bertz CT molecular complexity index is 699. The molecule has 2 rings (SSSR count). The zero-order valence-electron chi connectivity index (χ0n) is 12.2. The van der Waals surface area contributed by atoms with Gasteiger partial charge in [0.05, 0.1) is 5.56 Å². The van der Waals surface area contributed by atoms with Crippen LogP contribution in [0.1, 0.15) is 21.5 Å². The maximum atomic E-state index is 11.8. The zero-order valence-corrected chi connectivity index (χ0v) is 13.0. The molecule has 2 aromatic rings. The second-order valence-electron chi connectivity index (χ2n) is 4.81. The van der Waals surface area contributed by atoms with Crippen LogP contribution in [0.3, 0.4) is 0 Å². The molecule has 0 radical (unpaired) electrons. The number of nitrogens with zero attached hydrogens (tertiary/aromatic N) is 1. The lowest BCUT2D eigenvalue weighted by atomic mass is 10.1. The van der Waals surface area contributed by atoms with Gasteiger partial charge in [0.1, 0.15) is 5.15 Å². The Balaban J connectivity index is 1.89. The molecular formula is C16H15ClN2O3. The van der Waals surface area contributed by atoms with Crippen molar-refractivity contribution < 1.29 is 14.3 Å². The van der Waals surface area contributed by atoms with E-state index >= 15 is 0 Å². The minimum Gasteiger partial charge on any atom is -0.452 e. The van der Waals surface area contributed by atoms with Crippen molar-refractivity contribution in [2.45, 2.75) is 13.8 Å². The molecule has 1 amide bonds. The standard InChI is InChI=1S/C16H15ClN2O3/c1-10-3-5-13(11(2)7-10)19-15(20)9-22-16(21)12-4-6-14(17)18-8-12/h3-8H,9H2,1-2H3,(H,19,20). The lowest BCUT2D eigenvalue weighted by Gasteiger charge is -2.09. The molecule has 0 fully saturated rings. The number of ether oxygens (including phenoxy) is 1. The summed E-state index contributed by atoms with van der Waals surface area (Å²) in [5.41, 5.74) is 2.99. The molecule has 22 heavy (non-hydrogen) atoms. The number of carbonyl (C=O) groups excluding carboxylic acids is 2. The van der Waals surface area contributed by atoms with E-state index in [0.717, 1.165) is 11.1 Å². The number of pyridine rings is 1. The van der Waals surface area contributed by atoms with Crippen molar-refractivity contribution in [3.05, 3.63) is 58.4 Å². The molecule has 0 aliphatic heterocycles. The molecule has 0 saturated heterocycles. The van der Waals surface area contributed by atoms with Gasteiger partial charge in [-0.3, -0.25) is 4.79 Å². The van der Waals surface area contributed by atoms with Crippen molar-refractivity contribution in [3.63, 3.8) is 0 Å². The number of benzene rings is 1. The van der Waals surface area contributed by atoms with Gasteiger partial charge in [-0.15, -0.1) is 0 Å². The number of esters is 1. The fraction of sp³-hybridized carbons (Fsp3) is 0.188. The third-order valence-electron chi connectivity index (χ3n) is 2.95. The number of carbonyl (C=O) groups is 2. The van der Waals surface area contributed by atoms with Crippen LogP contribution in [-0.2, 0) is 9.53 Å². The van der Waals surface area contributed by atoms with Crippen LogP contribution >= 0.6 is 11.6 Å². The summed E-state index contributed by atoms with van der Waals surface area (Å²) < 4.78 is 4.93. The molecule has 0 saturated carbocycles. The molecule has 0 unspecified atom stereocenters. The first-order valence-electron chi connectivity index (χ1n) is 6.61. The number of amides is 1. The number of aryl methyl sites for hydroxylation is 2. The second-order valence-corrected chi connectivity index (χ2v) is 5.20. The Morgan fingerprint density at radius 3 is 2.64 bits per heavy atom. The highest BCUT2D eigenvalue weighted by Gasteiger charge is 2.11. The van der Waals surface area contributed by atoms with Gasteiger partial charge < -0.3 is 10.1 Å². The minimum absolute atomic E-state index is 0.240. The maximum Gasteiger partial charge on any atom is 0.340 e. The van der Waals surface area contributed by atoms with Gasteiger partial charge in [0.25, 0.3) is 5.91 Å². The molecule has 6 heteroatoms. The summed E-state index contributed by atoms with van der Waals surface area (Å²) in [7, 11) is 0. The highest BCUT2D eigenvalue weighted by molar-refractivity contribution is 6.29. The van der Waals surface area contributed by atoms with E-state index in [9.17, 15) is 9.59 Å². The number of halogens is 1. The average Bonchev–Trinajstić information content (AvgIpc) is 2.48. The molecular weight excluding hydrogens is 304 g/mol. The molecule has 0 aliphatic rings. The summed E-state index contributed by atoms with van der Waals surface area (Å²) in [6.07, 6.45) is 1.30. The van der Waals surface area contributed by atoms with E-state index in [1.54, 1.807) is 0 Å². The third-order valence-corrected chi connectivity index (χ3v) is 3.18. The quantitative estimate of drug-likeness (QED) is 0.694. The normalized spacial score (nSPS) is 10.1. The van der Waals surface area contributed by atoms with E-state index in [1.165, 1.54) is 18.3 Å². The number of hydrogen-bond donors (Lipinski definition) is 1. The minimum atomic E-state index is -0.625. The number of rotatable bonds is 4. The summed E-state index contributed by atoms with van der Waals surface area (Å²) in [5.74, 6) is -1.03. The average molecular weight is 319 g/mol. The van der Waals surface area contributed by atoms with Crippen molar-refractivity contribution in [2.75, 3.05) is 11.9 Å². The topological polar surface area (TPSA) is 68.3 Å². The van der Waals surface area contributed by atoms with Crippen molar-refractivity contribution >= 4 is 29.2 Å². The zero-order chi connectivity index (χ0) is 16.1. The van der Waals surface area contributed by atoms with E-state index in [4.69, 9.17) is 16.3 Å². The van der Waals surface area contributed by atoms with Gasteiger partial charge in [0.15, 0.2) is 6.61 Å². The van der Waals surface area contributed by atoms with Gasteiger partial charge in [-0.1, -0.05) is 29.3 Å². The number of anilines is 1. The fourth-order valence-corrected chi connectivity index (χ4v) is 1.96. The number of hydrogen-bond acceptors (Lipinski definition) is 4. The monoisotopic (exact) mass is 318 g/mol. The fourth-order valence-electron chi connectivity index (χ4n) is 1.85. The van der Waals surface area contributed by atoms with Gasteiger partial charge in [-0.25, -0.2) is 9.78 Å². The highest BCUT2D eigenvalue weighted by Crippen LogP contribution is 2.15. The van der Waals surface area contributed by atoms with Crippen LogP contribution in [0.15, 0.2) is 36.5 Å². The Kier molecular flexibility index (Phi) is 5.12. The number of aromatic nitrogens is 1. The van der Waals surface area contributed by atoms with Crippen LogP contribution in [0.5, 0.6) is 0 Å². The lowest BCUT2D eigenvalue weighted by molar-refractivity contribution is -0.119. The van der Waals surface area contributed by atoms with Crippen LogP contribution in [0.4, 0.5) is 5.69 Å². The Morgan fingerprint density at radius 1 is 1.23 bits per heavy atom. The van der Waals surface area contributed by atoms with E-state index in [2.05, 4.69) is 10.3 Å². The SMILES string of the molecule is Cc1ccc(NC(=O)COC(=O)c2ccc(Cl)nc2)c(C)c1. The molecule has 5 nitrogen and oxygen atoms in total. The summed E-state index contributed by atoms with van der Waals surface area (Å²) >= 11 is 5.63. The lowest BCUT2D eigenvalue weighted by Crippen LogP contribution is -2.21. The van der Waals surface area contributed by atoms with Crippen molar-refractivity contribution in [3.8, 4) is 0 Å². The molecule has 1 aromatic heterocycles. The highest BCUT2D eigenvalue weighted by atomic mass is 35.5. The molecule has 0 bridgehead atoms. The predicted octanol–water partition coefficient (Wildman–Crippen LogP) is 3.15. The van der Waals surface area contributed by atoms with Crippen molar-refractivity contribution in [1.29, 1.82) is 0 Å². The van der Waals surface area contributed by atoms with Crippen LogP contribution in [0.2, 0.25) is 5.15 Å². The van der Waals surface area contributed by atoms with Crippen LogP contribution in [0.25, 0.3) is 0 Å². The van der Waals surface area contributed by atoms with E-state index in [-0.39, 0.29) is 17.3 Å². The Morgan fingerprint density at radius 2 is 2.00 bits per heavy atom. The summed E-state index contributed by atoms with van der Waals surface area (Å²) in [6, 6.07) is 8.64. The van der Waals surface area contributed by atoms with E-state index in [1.807, 2.05) is 32.0 Å². The first-order valence-corrected chi connectivity index (χ1v) is 6.99. The Hall–Kier alpha value is -2.40. The third kappa shape index (κ3) is 4.30. The molecule has 0 atom stereocenters. The van der Waals surface area contributed by atoms with Gasteiger partial charge >= 0.3 is 5.97 Å². The molecule has 1 aromatic carbocycles. The van der Waals surface area contributed by atoms with Crippen LogP contribution in [-0.4, -0.2) is 23.5 Å². The predicted molar refractivity (Wildman–Crippen MR) is 84.1 cm³/mol. The largest absolute Gasteiger partial charge is 0.452 e. The molecule has 114 valence electrons. The van der Waals surface area contributed by atoms with E-state index in [0.29, 0.717) is 5.69 Å². The van der Waals surface area contributed by atoms with Gasteiger partial charge in [-0.05, 0) is 37.6 Å². The molecule has 1 N–H and O–H groups in total. The van der Waals surface area contributed by atoms with Gasteiger partial charge in [0.2, 0.25) is 0 Å². The summed E-state index contributed by atoms with van der Waals surface area (Å²) in [5, 5.41) is 2.98. The molecule has 0 aliphatic carbocycles. The first-order chi connectivity index (χ1) is 10.5. The summed E-state index contributed by atoms with van der Waals surface area (Å²) in [6.45, 7) is 3.50. The maximum absolute atomic E-state index is 11.8. The van der Waals surface area contributed by atoms with Gasteiger partial charge in [0, 0.05) is 11.9 Å². The van der Waals surface area contributed by atoms with Crippen molar-refractivity contribution in [1.82, 2.24) is 4.98 Å². The number of nitrogens with one attached hydrogen (secondary N) is 1. The second kappa shape index (κ2) is 7.04. The van der Waals surface area contributed by atoms with Crippen LogP contribution < -0.4 is 5.32 Å². The van der Waals surface area contributed by atoms with Gasteiger partial charge in [-0.2, -0.15) is 0 Å². The van der Waals surface area contributed by atoms with Crippen LogP contribution in [0, 0.1) is 13.8 Å². The molecule has 0 spiro atoms. The first kappa shape index (κ1) is 16.0. The van der Waals surface area contributed by atoms with Crippen molar-refractivity contribution in [2.24, 2.45) is 0 Å². The smallest absolute Gasteiger partial charge is 0.340 e. The molecule has 1 heterocycles. The Labute approximate surface area is 133 Å². The van der Waals surface area contributed by atoms with E-state index < -0.39 is 11.9 Å². The summed E-state index contributed by atoms with van der Waals surface area (Å²) in [4.78, 5) is 27.3.